The quantitative estimate of drug-likeness (QED) is 0.685. The first-order valence-electron chi connectivity index (χ1n) is 9.43. The second kappa shape index (κ2) is 9.54. The molecule has 0 N–H and O–H groups in total. The summed E-state index contributed by atoms with van der Waals surface area (Å²) in [5, 5.41) is 2.75. The summed E-state index contributed by atoms with van der Waals surface area (Å²) >= 11 is 7.79. The Kier molecular flexibility index (Phi) is 7.10. The van der Waals surface area contributed by atoms with Crippen LogP contribution in [-0.2, 0) is 20.7 Å². The van der Waals surface area contributed by atoms with Crippen molar-refractivity contribution in [2.45, 2.75) is 25.8 Å². The van der Waals surface area contributed by atoms with Gasteiger partial charge in [-0.3, -0.25) is 9.59 Å². The minimum Gasteiger partial charge on any atom is -0.375 e. The van der Waals surface area contributed by atoms with Gasteiger partial charge in [-0.1, -0.05) is 30.7 Å². The molecule has 2 aromatic rings. The van der Waals surface area contributed by atoms with Gasteiger partial charge in [-0.05, 0) is 47.5 Å². The van der Waals surface area contributed by atoms with E-state index in [9.17, 15) is 9.59 Å². The summed E-state index contributed by atoms with van der Waals surface area (Å²) in [5.74, 6) is -0.205. The van der Waals surface area contributed by atoms with Crippen LogP contribution in [0.5, 0.6) is 0 Å². The molecule has 0 saturated heterocycles. The molecule has 5 nitrogen and oxygen atoms in total. The number of methoxy groups -OCH3 is 1. The van der Waals surface area contributed by atoms with Gasteiger partial charge in [0.05, 0.1) is 12.6 Å². The standard InChI is InChI=1S/C21H25ClN2O3S/c1-3-10-23(20(26)14-27-2)13-19(25)24-11-8-18-17(9-12-28-18)21(24)15-4-6-16(22)7-5-15/h4-7,9,12,21H,3,8,10-11,13-14H2,1-2H3/t21-/m0/s1. The molecular formula is C21H25ClN2O3S. The van der Waals surface area contributed by atoms with Gasteiger partial charge in [0.15, 0.2) is 0 Å². The van der Waals surface area contributed by atoms with E-state index in [1.54, 1.807) is 16.2 Å². The Hall–Kier alpha value is -1.89. The van der Waals surface area contributed by atoms with Crippen LogP contribution in [-0.4, -0.2) is 55.0 Å². The number of carbonyl (C=O) groups is 2. The first-order chi connectivity index (χ1) is 13.5. The van der Waals surface area contributed by atoms with Crippen LogP contribution < -0.4 is 0 Å². The molecule has 1 aliphatic heterocycles. The third-order valence-corrected chi connectivity index (χ3v) is 6.16. The van der Waals surface area contributed by atoms with Crippen LogP contribution in [0.15, 0.2) is 35.7 Å². The number of rotatable bonds is 7. The summed E-state index contributed by atoms with van der Waals surface area (Å²) < 4.78 is 4.97. The van der Waals surface area contributed by atoms with Crippen LogP contribution in [0, 0.1) is 0 Å². The van der Waals surface area contributed by atoms with Crippen molar-refractivity contribution in [3.63, 3.8) is 0 Å². The van der Waals surface area contributed by atoms with E-state index in [1.807, 2.05) is 36.1 Å². The van der Waals surface area contributed by atoms with Gasteiger partial charge in [-0.15, -0.1) is 11.3 Å². The molecule has 0 aliphatic carbocycles. The average Bonchev–Trinajstić information content (AvgIpc) is 3.16. The van der Waals surface area contributed by atoms with Crippen molar-refractivity contribution >= 4 is 34.8 Å². The topological polar surface area (TPSA) is 49.9 Å². The average molecular weight is 421 g/mol. The first kappa shape index (κ1) is 20.8. The minimum atomic E-state index is -0.158. The van der Waals surface area contributed by atoms with Gasteiger partial charge in [0.25, 0.3) is 0 Å². The van der Waals surface area contributed by atoms with E-state index in [0.29, 0.717) is 18.1 Å². The van der Waals surface area contributed by atoms with E-state index in [2.05, 4.69) is 11.4 Å². The van der Waals surface area contributed by atoms with Crippen molar-refractivity contribution in [3.05, 3.63) is 56.7 Å². The summed E-state index contributed by atoms with van der Waals surface area (Å²) in [7, 11) is 1.49. The van der Waals surface area contributed by atoms with Crippen LogP contribution >= 0.6 is 22.9 Å². The maximum Gasteiger partial charge on any atom is 0.249 e. The van der Waals surface area contributed by atoms with E-state index < -0.39 is 0 Å². The number of halogens is 1. The Labute approximate surface area is 174 Å². The summed E-state index contributed by atoms with van der Waals surface area (Å²) in [6.45, 7) is 3.23. The minimum absolute atomic E-state index is 0.0113. The molecule has 0 radical (unpaired) electrons. The van der Waals surface area contributed by atoms with Crippen LogP contribution in [0.4, 0.5) is 0 Å². The molecule has 2 amide bonds. The third-order valence-electron chi connectivity index (χ3n) is 4.91. The normalized spacial score (nSPS) is 16.0. The highest BCUT2D eigenvalue weighted by Gasteiger charge is 2.33. The molecule has 0 saturated carbocycles. The number of hydrogen-bond acceptors (Lipinski definition) is 4. The summed E-state index contributed by atoms with van der Waals surface area (Å²) in [6.07, 6.45) is 1.63. The lowest BCUT2D eigenvalue weighted by Gasteiger charge is -2.37. The molecule has 0 unspecified atom stereocenters. The molecule has 0 spiro atoms. The predicted octanol–water partition coefficient (Wildman–Crippen LogP) is 3.76. The fourth-order valence-corrected chi connectivity index (χ4v) is 4.65. The Balaban J connectivity index is 1.87. The molecule has 0 fully saturated rings. The van der Waals surface area contributed by atoms with Gasteiger partial charge in [-0.25, -0.2) is 0 Å². The molecule has 1 aliphatic rings. The molecule has 1 atom stereocenters. The number of ether oxygens (including phenoxy) is 1. The SMILES string of the molecule is CCCN(CC(=O)N1CCc2sccc2[C@@H]1c1ccc(Cl)cc1)C(=O)COC. The lowest BCUT2D eigenvalue weighted by atomic mass is 9.93. The van der Waals surface area contributed by atoms with Crippen LogP contribution in [0.3, 0.4) is 0 Å². The zero-order chi connectivity index (χ0) is 20.1. The van der Waals surface area contributed by atoms with E-state index in [0.717, 1.165) is 24.0 Å². The second-order valence-corrected chi connectivity index (χ2v) is 8.28. The van der Waals surface area contributed by atoms with Gasteiger partial charge in [0.1, 0.15) is 6.61 Å². The fourth-order valence-electron chi connectivity index (χ4n) is 3.62. The summed E-state index contributed by atoms with van der Waals surface area (Å²) in [5.41, 5.74) is 2.19. The number of hydrogen-bond donors (Lipinski definition) is 0. The fraction of sp³-hybridized carbons (Fsp3) is 0.429. The Bertz CT molecular complexity index is 821. The predicted molar refractivity (Wildman–Crippen MR) is 112 cm³/mol. The van der Waals surface area contributed by atoms with Gasteiger partial charge in [0.2, 0.25) is 11.8 Å². The smallest absolute Gasteiger partial charge is 0.249 e. The molecule has 150 valence electrons. The summed E-state index contributed by atoms with van der Waals surface area (Å²) in [6, 6.07) is 9.59. The van der Waals surface area contributed by atoms with Crippen LogP contribution in [0.1, 0.15) is 35.4 Å². The zero-order valence-electron chi connectivity index (χ0n) is 16.2. The lowest BCUT2D eigenvalue weighted by Crippen LogP contribution is -2.47. The van der Waals surface area contributed by atoms with Crippen molar-refractivity contribution in [2.24, 2.45) is 0 Å². The Morgan fingerprint density at radius 2 is 2.04 bits per heavy atom. The highest BCUT2D eigenvalue weighted by molar-refractivity contribution is 7.10. The van der Waals surface area contributed by atoms with Crippen molar-refractivity contribution < 1.29 is 14.3 Å². The van der Waals surface area contributed by atoms with E-state index in [-0.39, 0.29) is 31.0 Å². The molecular weight excluding hydrogens is 396 g/mol. The van der Waals surface area contributed by atoms with Gasteiger partial charge in [-0.2, -0.15) is 0 Å². The number of amides is 2. The highest BCUT2D eigenvalue weighted by Crippen LogP contribution is 2.38. The monoisotopic (exact) mass is 420 g/mol. The largest absolute Gasteiger partial charge is 0.375 e. The number of benzene rings is 1. The maximum atomic E-state index is 13.2. The highest BCUT2D eigenvalue weighted by atomic mass is 35.5. The molecule has 28 heavy (non-hydrogen) atoms. The van der Waals surface area contributed by atoms with Gasteiger partial charge < -0.3 is 14.5 Å². The van der Waals surface area contributed by atoms with E-state index >= 15 is 0 Å². The number of nitrogens with zero attached hydrogens (tertiary/aromatic N) is 2. The van der Waals surface area contributed by atoms with Crippen LogP contribution in [0.2, 0.25) is 5.02 Å². The van der Waals surface area contributed by atoms with Gasteiger partial charge >= 0.3 is 0 Å². The molecule has 2 heterocycles. The van der Waals surface area contributed by atoms with Crippen molar-refractivity contribution in [3.8, 4) is 0 Å². The lowest BCUT2D eigenvalue weighted by molar-refractivity contribution is -0.143. The van der Waals surface area contributed by atoms with Crippen LogP contribution in [0.25, 0.3) is 0 Å². The van der Waals surface area contributed by atoms with Crippen molar-refractivity contribution in [1.29, 1.82) is 0 Å². The molecule has 0 bridgehead atoms. The van der Waals surface area contributed by atoms with Gasteiger partial charge in [0, 0.05) is 30.1 Å². The molecule has 3 rings (SSSR count). The first-order valence-corrected chi connectivity index (χ1v) is 10.7. The molecule has 1 aromatic heterocycles. The Morgan fingerprint density at radius 3 is 2.71 bits per heavy atom. The molecule has 7 heteroatoms. The number of fused-ring (bicyclic) bond motifs is 1. The maximum absolute atomic E-state index is 13.2. The molecule has 1 aromatic carbocycles. The summed E-state index contributed by atoms with van der Waals surface area (Å²) in [4.78, 5) is 30.3. The zero-order valence-corrected chi connectivity index (χ0v) is 17.8. The van der Waals surface area contributed by atoms with E-state index in [1.165, 1.54) is 12.0 Å². The second-order valence-electron chi connectivity index (χ2n) is 6.84. The number of thiophene rings is 1. The van der Waals surface area contributed by atoms with Crippen molar-refractivity contribution in [1.82, 2.24) is 9.80 Å². The third kappa shape index (κ3) is 4.57. The Morgan fingerprint density at radius 1 is 1.29 bits per heavy atom. The van der Waals surface area contributed by atoms with E-state index in [4.69, 9.17) is 16.3 Å². The van der Waals surface area contributed by atoms with Crippen molar-refractivity contribution in [2.75, 3.05) is 33.4 Å². The number of carbonyl (C=O) groups excluding carboxylic acids is 2.